The molecule has 0 amide bonds. The normalized spacial score (nSPS) is 10.4. The number of allylic oxidation sites excluding steroid dienone is 2. The molecule has 0 atom stereocenters. The lowest BCUT2D eigenvalue weighted by Crippen LogP contribution is -2.20. The molecule has 0 aliphatic carbocycles. The number of aryl methyl sites for hydroxylation is 1. The zero-order chi connectivity index (χ0) is 12.7. The van der Waals surface area contributed by atoms with Gasteiger partial charge in [0.25, 0.3) is 5.56 Å². The molecule has 1 heterocycles. The lowest BCUT2D eigenvalue weighted by atomic mass is 10.2. The maximum absolute atomic E-state index is 11.5. The van der Waals surface area contributed by atoms with E-state index in [1.54, 1.807) is 6.92 Å². The minimum atomic E-state index is -0.0938. The summed E-state index contributed by atoms with van der Waals surface area (Å²) in [6.45, 7) is 13.2. The summed E-state index contributed by atoms with van der Waals surface area (Å²) >= 11 is 0. The van der Waals surface area contributed by atoms with Gasteiger partial charge < -0.3 is 0 Å². The molecule has 1 rings (SSSR count). The summed E-state index contributed by atoms with van der Waals surface area (Å²) in [5.41, 5.74) is 1.60. The van der Waals surface area contributed by atoms with Gasteiger partial charge in [-0.1, -0.05) is 26.5 Å². The molecule has 88 valence electrons. The zero-order valence-electron chi connectivity index (χ0n) is 10.7. The average Bonchev–Trinajstić information content (AvgIpc) is 2.29. The van der Waals surface area contributed by atoms with E-state index in [2.05, 4.69) is 11.6 Å². The van der Waals surface area contributed by atoms with Crippen LogP contribution in [0.15, 0.2) is 23.5 Å². The quantitative estimate of drug-likeness (QED) is 0.767. The molecule has 16 heavy (non-hydrogen) atoms. The van der Waals surface area contributed by atoms with Crippen LogP contribution in [-0.2, 0) is 0 Å². The minimum Gasteiger partial charge on any atom is -0.269 e. The molecule has 0 saturated carbocycles. The number of rotatable bonds is 2. The molecule has 0 N–H and O–H groups in total. The Morgan fingerprint density at radius 2 is 2.06 bits per heavy atom. The van der Waals surface area contributed by atoms with Gasteiger partial charge in [0.15, 0.2) is 0 Å². The summed E-state index contributed by atoms with van der Waals surface area (Å²) in [6.07, 6.45) is 3.40. The lowest BCUT2D eigenvalue weighted by Gasteiger charge is -2.07. The molecule has 0 aliphatic heterocycles. The first-order valence-electron chi connectivity index (χ1n) is 5.46. The fraction of sp³-hybridized carbons (Fsp3) is 0.385. The average molecular weight is 220 g/mol. The molecule has 3 heteroatoms. The van der Waals surface area contributed by atoms with Gasteiger partial charge >= 0.3 is 0 Å². The van der Waals surface area contributed by atoms with E-state index < -0.39 is 0 Å². The van der Waals surface area contributed by atoms with E-state index in [1.165, 1.54) is 16.8 Å². The standard InChI is InChI=1S/C11H14N2O.C2H6/c1-5-8(3)11-12-9(4)7-10(14)13(11)6-2;1-2/h5-7H,2H2,1,3-4H3;1-2H3/b8-5-;. The summed E-state index contributed by atoms with van der Waals surface area (Å²) in [5.74, 6) is 0.660. The summed E-state index contributed by atoms with van der Waals surface area (Å²) < 4.78 is 1.45. The van der Waals surface area contributed by atoms with Crippen molar-refractivity contribution in [1.82, 2.24) is 9.55 Å². The fourth-order valence-corrected chi connectivity index (χ4v) is 1.19. The van der Waals surface area contributed by atoms with E-state index in [4.69, 9.17) is 0 Å². The monoisotopic (exact) mass is 220 g/mol. The van der Waals surface area contributed by atoms with Crippen molar-refractivity contribution in [3.8, 4) is 0 Å². The van der Waals surface area contributed by atoms with Gasteiger partial charge in [0.1, 0.15) is 5.82 Å². The second-order valence-electron chi connectivity index (χ2n) is 3.08. The SMILES string of the molecule is C=Cn1c(/C(C)=C\C)nc(C)cc1=O.CC. The van der Waals surface area contributed by atoms with Gasteiger partial charge in [0.2, 0.25) is 0 Å². The summed E-state index contributed by atoms with van der Waals surface area (Å²) in [7, 11) is 0. The molecule has 0 radical (unpaired) electrons. The Hall–Kier alpha value is -1.64. The topological polar surface area (TPSA) is 34.9 Å². The van der Waals surface area contributed by atoms with Crippen LogP contribution in [0.25, 0.3) is 11.8 Å². The second-order valence-corrected chi connectivity index (χ2v) is 3.08. The molecular weight excluding hydrogens is 200 g/mol. The molecule has 0 bridgehead atoms. The van der Waals surface area contributed by atoms with Crippen LogP contribution in [0.3, 0.4) is 0 Å². The lowest BCUT2D eigenvalue weighted by molar-refractivity contribution is 0.930. The van der Waals surface area contributed by atoms with Crippen LogP contribution in [0, 0.1) is 6.92 Å². The van der Waals surface area contributed by atoms with Crippen molar-refractivity contribution in [2.24, 2.45) is 0 Å². The Kier molecular flexibility index (Phi) is 6.08. The van der Waals surface area contributed by atoms with E-state index in [0.717, 1.165) is 11.3 Å². The zero-order valence-corrected chi connectivity index (χ0v) is 10.7. The third-order valence-electron chi connectivity index (χ3n) is 2.05. The van der Waals surface area contributed by atoms with Crippen molar-refractivity contribution in [2.75, 3.05) is 0 Å². The molecule has 0 aromatic carbocycles. The highest BCUT2D eigenvalue weighted by molar-refractivity contribution is 5.59. The molecule has 0 unspecified atom stereocenters. The van der Waals surface area contributed by atoms with E-state index >= 15 is 0 Å². The molecule has 1 aromatic heterocycles. The highest BCUT2D eigenvalue weighted by atomic mass is 16.1. The molecular formula is C13H20N2O. The third kappa shape index (κ3) is 3.19. The Bertz CT molecular complexity index is 442. The van der Waals surface area contributed by atoms with Crippen LogP contribution in [0.2, 0.25) is 0 Å². The molecule has 1 aromatic rings. The Morgan fingerprint density at radius 1 is 1.50 bits per heavy atom. The summed E-state index contributed by atoms with van der Waals surface area (Å²) in [5, 5.41) is 0. The maximum atomic E-state index is 11.5. The van der Waals surface area contributed by atoms with Crippen molar-refractivity contribution in [1.29, 1.82) is 0 Å². The van der Waals surface area contributed by atoms with Crippen molar-refractivity contribution < 1.29 is 0 Å². The van der Waals surface area contributed by atoms with Crippen molar-refractivity contribution in [2.45, 2.75) is 34.6 Å². The Balaban J connectivity index is 0.00000106. The highest BCUT2D eigenvalue weighted by Gasteiger charge is 2.05. The van der Waals surface area contributed by atoms with Gasteiger partial charge in [0.05, 0.1) is 0 Å². The van der Waals surface area contributed by atoms with Crippen LogP contribution in [0.4, 0.5) is 0 Å². The van der Waals surface area contributed by atoms with E-state index in [9.17, 15) is 4.79 Å². The van der Waals surface area contributed by atoms with Crippen LogP contribution < -0.4 is 5.56 Å². The number of nitrogens with zero attached hydrogens (tertiary/aromatic N) is 2. The number of hydrogen-bond donors (Lipinski definition) is 0. The largest absolute Gasteiger partial charge is 0.269 e. The fourth-order valence-electron chi connectivity index (χ4n) is 1.19. The maximum Gasteiger partial charge on any atom is 0.258 e. The second kappa shape index (κ2) is 6.77. The Morgan fingerprint density at radius 3 is 2.50 bits per heavy atom. The molecule has 0 aliphatic rings. The van der Waals surface area contributed by atoms with Crippen molar-refractivity contribution in [3.63, 3.8) is 0 Å². The van der Waals surface area contributed by atoms with Gasteiger partial charge in [-0.05, 0) is 26.3 Å². The first kappa shape index (κ1) is 14.4. The van der Waals surface area contributed by atoms with Crippen LogP contribution >= 0.6 is 0 Å². The minimum absolute atomic E-state index is 0.0938. The van der Waals surface area contributed by atoms with E-state index in [-0.39, 0.29) is 5.56 Å². The van der Waals surface area contributed by atoms with Crippen molar-refractivity contribution >= 4 is 11.8 Å². The van der Waals surface area contributed by atoms with Crippen LogP contribution in [0.1, 0.15) is 39.2 Å². The molecule has 0 saturated heterocycles. The number of aromatic nitrogens is 2. The number of hydrogen-bond acceptors (Lipinski definition) is 2. The molecule has 0 fully saturated rings. The first-order chi connectivity index (χ1) is 7.60. The predicted octanol–water partition coefficient (Wildman–Crippen LogP) is 3.10. The first-order valence-corrected chi connectivity index (χ1v) is 5.46. The predicted molar refractivity (Wildman–Crippen MR) is 70.3 cm³/mol. The van der Waals surface area contributed by atoms with E-state index in [0.29, 0.717) is 5.82 Å². The van der Waals surface area contributed by atoms with Gasteiger partial charge in [-0.3, -0.25) is 9.36 Å². The van der Waals surface area contributed by atoms with E-state index in [1.807, 2.05) is 33.8 Å². The summed E-state index contributed by atoms with van der Waals surface area (Å²) in [4.78, 5) is 15.8. The van der Waals surface area contributed by atoms with Gasteiger partial charge in [-0.2, -0.15) is 0 Å². The van der Waals surface area contributed by atoms with Crippen LogP contribution in [-0.4, -0.2) is 9.55 Å². The molecule has 3 nitrogen and oxygen atoms in total. The van der Waals surface area contributed by atoms with Crippen molar-refractivity contribution in [3.05, 3.63) is 40.6 Å². The highest BCUT2D eigenvalue weighted by Crippen LogP contribution is 2.09. The van der Waals surface area contributed by atoms with Gasteiger partial charge in [-0.15, -0.1) is 0 Å². The third-order valence-corrected chi connectivity index (χ3v) is 2.05. The van der Waals surface area contributed by atoms with Gasteiger partial charge in [0, 0.05) is 18.0 Å². The molecule has 0 spiro atoms. The van der Waals surface area contributed by atoms with Gasteiger partial charge in [-0.25, -0.2) is 4.98 Å². The van der Waals surface area contributed by atoms with Crippen LogP contribution in [0.5, 0.6) is 0 Å². The summed E-state index contributed by atoms with van der Waals surface area (Å²) in [6, 6.07) is 1.49. The Labute approximate surface area is 97.2 Å². The smallest absolute Gasteiger partial charge is 0.258 e.